The molecule has 1 atom stereocenters. The Balaban J connectivity index is 1.35. The molecule has 0 saturated carbocycles. The molecule has 0 aliphatic carbocycles. The lowest BCUT2D eigenvalue weighted by Gasteiger charge is -2.18. The smallest absolute Gasteiger partial charge is 0.347 e. The first-order valence-electron chi connectivity index (χ1n) is 13.6. The molecule has 2 aromatic carbocycles. The van der Waals surface area contributed by atoms with E-state index < -0.39 is 18.0 Å². The number of anilines is 1. The van der Waals surface area contributed by atoms with Crippen molar-refractivity contribution in [3.8, 4) is 17.2 Å². The minimum atomic E-state index is -0.821. The van der Waals surface area contributed by atoms with Gasteiger partial charge in [0.25, 0.3) is 0 Å². The summed E-state index contributed by atoms with van der Waals surface area (Å²) in [5, 5.41) is 4.06. The summed E-state index contributed by atoms with van der Waals surface area (Å²) < 4.78 is 24.6. The van der Waals surface area contributed by atoms with Crippen molar-refractivity contribution in [1.82, 2.24) is 9.99 Å². The monoisotopic (exact) mass is 572 g/mol. The van der Waals surface area contributed by atoms with E-state index in [1.54, 1.807) is 38.1 Å². The van der Waals surface area contributed by atoms with Gasteiger partial charge in [0, 0.05) is 48.5 Å². The van der Waals surface area contributed by atoms with Crippen molar-refractivity contribution in [2.45, 2.75) is 40.4 Å². The first kappa shape index (κ1) is 30.0. The molecule has 220 valence electrons. The lowest BCUT2D eigenvalue weighted by molar-refractivity contribution is -0.150. The van der Waals surface area contributed by atoms with E-state index in [-0.39, 0.29) is 19.0 Å². The summed E-state index contributed by atoms with van der Waals surface area (Å²) in [6, 6.07) is 20.6. The summed E-state index contributed by atoms with van der Waals surface area (Å²) in [5.74, 6) is 0.697. The minimum Gasteiger partial charge on any atom is -0.486 e. The summed E-state index contributed by atoms with van der Waals surface area (Å²) >= 11 is 0. The van der Waals surface area contributed by atoms with E-state index >= 15 is 0 Å². The van der Waals surface area contributed by atoms with Crippen LogP contribution < -0.4 is 19.8 Å². The lowest BCUT2D eigenvalue weighted by Crippen LogP contribution is -2.26. The Morgan fingerprint density at radius 1 is 1.02 bits per heavy atom. The van der Waals surface area contributed by atoms with Crippen molar-refractivity contribution < 1.29 is 28.2 Å². The van der Waals surface area contributed by atoms with Crippen LogP contribution in [0, 0.1) is 13.8 Å². The molecule has 0 spiro atoms. The number of amides is 1. The number of rotatable bonds is 12. The average molecular weight is 573 g/mol. The van der Waals surface area contributed by atoms with E-state index in [9.17, 15) is 9.59 Å². The number of esters is 1. The fraction of sp³-hybridized carbons (Fsp3) is 0.281. The van der Waals surface area contributed by atoms with Gasteiger partial charge in [0.15, 0.2) is 11.9 Å². The van der Waals surface area contributed by atoms with Crippen LogP contribution >= 0.6 is 0 Å². The van der Waals surface area contributed by atoms with Crippen LogP contribution in [0.1, 0.15) is 47.1 Å². The average Bonchev–Trinajstić information content (AvgIpc) is 3.59. The minimum absolute atomic E-state index is 0.0926. The van der Waals surface area contributed by atoms with Gasteiger partial charge in [0.1, 0.15) is 23.9 Å². The third kappa shape index (κ3) is 7.39. The highest BCUT2D eigenvalue weighted by atomic mass is 16.6. The van der Waals surface area contributed by atoms with Crippen molar-refractivity contribution in [3.63, 3.8) is 0 Å². The third-order valence-electron chi connectivity index (χ3n) is 6.44. The molecule has 0 unspecified atom stereocenters. The van der Waals surface area contributed by atoms with Crippen LogP contribution in [-0.2, 0) is 16.1 Å². The fourth-order valence-corrected chi connectivity index (χ4v) is 4.22. The van der Waals surface area contributed by atoms with Gasteiger partial charge >= 0.3 is 11.9 Å². The second kappa shape index (κ2) is 13.6. The highest BCUT2D eigenvalue weighted by Gasteiger charge is 2.18. The zero-order chi connectivity index (χ0) is 30.2. The molecular formula is C32H36N4O6. The Hall–Kier alpha value is -4.99. The van der Waals surface area contributed by atoms with Crippen LogP contribution in [0.15, 0.2) is 76.2 Å². The second-order valence-corrected chi connectivity index (χ2v) is 9.83. The van der Waals surface area contributed by atoms with Crippen LogP contribution in [-0.4, -0.2) is 49.5 Å². The van der Waals surface area contributed by atoms with Gasteiger partial charge in [-0.3, -0.25) is 4.79 Å². The number of carbonyl (C=O) groups excluding carboxylic acids is 2. The van der Waals surface area contributed by atoms with Crippen LogP contribution in [0.4, 0.5) is 5.69 Å². The molecule has 2 heterocycles. The molecule has 4 rings (SSSR count). The SMILES string of the molecule is CCOC(=O)[C@@H](C)Oc1cc(N(C)C)ccc1/C=N/NC(=O)c1ccc(COc2ccc(-n3c(C)ccc3C)cc2)o1. The molecular weight excluding hydrogens is 536 g/mol. The van der Waals surface area contributed by atoms with Crippen LogP contribution in [0.3, 0.4) is 0 Å². The Morgan fingerprint density at radius 2 is 1.74 bits per heavy atom. The number of hydrogen-bond acceptors (Lipinski definition) is 8. The van der Waals surface area contributed by atoms with Crippen molar-refractivity contribution in [3.05, 3.63) is 95.2 Å². The largest absolute Gasteiger partial charge is 0.486 e. The first-order valence-corrected chi connectivity index (χ1v) is 13.6. The first-order chi connectivity index (χ1) is 20.2. The highest BCUT2D eigenvalue weighted by Crippen LogP contribution is 2.25. The van der Waals surface area contributed by atoms with E-state index in [0.29, 0.717) is 22.8 Å². The van der Waals surface area contributed by atoms with Crippen molar-refractivity contribution in [2.75, 3.05) is 25.6 Å². The summed E-state index contributed by atoms with van der Waals surface area (Å²) in [7, 11) is 3.79. The van der Waals surface area contributed by atoms with Gasteiger partial charge in [-0.1, -0.05) is 0 Å². The summed E-state index contributed by atoms with van der Waals surface area (Å²) in [4.78, 5) is 26.6. The Labute approximate surface area is 245 Å². The number of nitrogens with zero attached hydrogens (tertiary/aromatic N) is 3. The summed E-state index contributed by atoms with van der Waals surface area (Å²) in [6.07, 6.45) is 0.622. The second-order valence-electron chi connectivity index (χ2n) is 9.83. The molecule has 42 heavy (non-hydrogen) atoms. The molecule has 0 aliphatic heterocycles. The molecule has 1 amide bonds. The third-order valence-corrected chi connectivity index (χ3v) is 6.44. The molecule has 0 saturated heterocycles. The number of aryl methyl sites for hydroxylation is 2. The number of hydrogen-bond donors (Lipinski definition) is 1. The van der Waals surface area contributed by atoms with Crippen LogP contribution in [0.5, 0.6) is 11.5 Å². The molecule has 0 fully saturated rings. The zero-order valence-corrected chi connectivity index (χ0v) is 24.7. The van der Waals surface area contributed by atoms with Gasteiger partial charge in [-0.2, -0.15) is 5.10 Å². The molecule has 4 aromatic rings. The normalized spacial score (nSPS) is 11.8. The Kier molecular flexibility index (Phi) is 9.69. The topological polar surface area (TPSA) is 108 Å². The summed E-state index contributed by atoms with van der Waals surface area (Å²) in [5.41, 5.74) is 7.27. The number of hydrazone groups is 1. The molecule has 1 N–H and O–H groups in total. The van der Waals surface area contributed by atoms with Gasteiger partial charge in [-0.05, 0) is 88.4 Å². The van der Waals surface area contributed by atoms with Gasteiger partial charge in [-0.25, -0.2) is 10.2 Å². The number of carbonyl (C=O) groups is 2. The molecule has 0 bridgehead atoms. The van der Waals surface area contributed by atoms with Crippen molar-refractivity contribution in [2.24, 2.45) is 5.10 Å². The molecule has 2 aromatic heterocycles. The predicted octanol–water partition coefficient (Wildman–Crippen LogP) is 5.43. The molecule has 10 heteroatoms. The maximum atomic E-state index is 12.6. The number of nitrogens with one attached hydrogen (secondary N) is 1. The van der Waals surface area contributed by atoms with Crippen molar-refractivity contribution >= 4 is 23.8 Å². The number of furan rings is 1. The van der Waals surface area contributed by atoms with E-state index in [2.05, 4.69) is 41.1 Å². The number of benzene rings is 2. The standard InChI is InChI=1S/C32H36N4O6/c1-7-39-32(38)23(4)41-30-18-26(35(5)6)11-10-24(30)19-33-34-31(37)29-17-16-28(42-29)20-40-27-14-12-25(13-15-27)36-21(2)8-9-22(36)3/h8-19,23H,7,20H2,1-6H3,(H,34,37)/b33-19+/t23-/m1/s1. The fourth-order valence-electron chi connectivity index (χ4n) is 4.22. The van der Waals surface area contributed by atoms with Crippen LogP contribution in [0.25, 0.3) is 5.69 Å². The van der Waals surface area contributed by atoms with Gasteiger partial charge in [0.2, 0.25) is 0 Å². The van der Waals surface area contributed by atoms with Gasteiger partial charge in [0.05, 0.1) is 12.8 Å². The molecule has 0 radical (unpaired) electrons. The lowest BCUT2D eigenvalue weighted by atomic mass is 10.2. The van der Waals surface area contributed by atoms with E-state index in [1.807, 2.05) is 49.3 Å². The van der Waals surface area contributed by atoms with Crippen LogP contribution in [0.2, 0.25) is 0 Å². The van der Waals surface area contributed by atoms with Gasteiger partial charge < -0.3 is 28.1 Å². The van der Waals surface area contributed by atoms with E-state index in [1.165, 1.54) is 6.21 Å². The van der Waals surface area contributed by atoms with Crippen molar-refractivity contribution in [1.29, 1.82) is 0 Å². The Bertz CT molecular complexity index is 1530. The molecule has 0 aliphatic rings. The Morgan fingerprint density at radius 3 is 2.40 bits per heavy atom. The number of aromatic nitrogens is 1. The number of ether oxygens (including phenoxy) is 3. The maximum absolute atomic E-state index is 12.6. The highest BCUT2D eigenvalue weighted by molar-refractivity contribution is 5.93. The molecule has 10 nitrogen and oxygen atoms in total. The van der Waals surface area contributed by atoms with E-state index in [4.69, 9.17) is 18.6 Å². The van der Waals surface area contributed by atoms with E-state index in [0.717, 1.165) is 22.8 Å². The quantitative estimate of drug-likeness (QED) is 0.137. The summed E-state index contributed by atoms with van der Waals surface area (Å²) in [6.45, 7) is 7.90. The zero-order valence-electron chi connectivity index (χ0n) is 24.7. The maximum Gasteiger partial charge on any atom is 0.347 e. The van der Waals surface area contributed by atoms with Gasteiger partial charge in [-0.15, -0.1) is 0 Å². The predicted molar refractivity (Wildman–Crippen MR) is 161 cm³/mol.